The Balaban J connectivity index is 2.73. The van der Waals surface area contributed by atoms with Crippen LogP contribution in [0.3, 0.4) is 0 Å². The molecule has 0 aliphatic heterocycles. The van der Waals surface area contributed by atoms with Crippen molar-refractivity contribution in [1.82, 2.24) is 9.97 Å². The van der Waals surface area contributed by atoms with Gasteiger partial charge in [0, 0.05) is 23.3 Å². The van der Waals surface area contributed by atoms with Crippen LogP contribution in [0.4, 0.5) is 0 Å². The van der Waals surface area contributed by atoms with Gasteiger partial charge in [-0.3, -0.25) is 9.97 Å². The van der Waals surface area contributed by atoms with Crippen LogP contribution in [-0.2, 0) is 6.42 Å². The van der Waals surface area contributed by atoms with Crippen LogP contribution >= 0.6 is 0 Å². The minimum absolute atomic E-state index is 0.870. The molecule has 0 radical (unpaired) electrons. The highest BCUT2D eigenvalue weighted by Crippen LogP contribution is 2.24. The Labute approximate surface area is 82.8 Å². The summed E-state index contributed by atoms with van der Waals surface area (Å²) in [6.07, 6.45) is 4.41. The van der Waals surface area contributed by atoms with Crippen LogP contribution in [0.25, 0.3) is 10.9 Å². The number of aryl methyl sites for hydroxylation is 1. The quantitative estimate of drug-likeness (QED) is 0.724. The lowest BCUT2D eigenvalue weighted by Crippen LogP contribution is -1.93. The predicted octanol–water partition coefficient (Wildman–Crippen LogP) is 2.20. The molecule has 0 unspecified atom stereocenters. The normalized spacial score (nSPS) is 10.4. The van der Waals surface area contributed by atoms with Crippen molar-refractivity contribution in [1.29, 1.82) is 0 Å². The summed E-state index contributed by atoms with van der Waals surface area (Å²) in [5.74, 6) is 0.870. The molecule has 0 saturated carbocycles. The van der Waals surface area contributed by atoms with Crippen molar-refractivity contribution >= 4 is 10.9 Å². The van der Waals surface area contributed by atoms with Crippen molar-refractivity contribution in [2.45, 2.75) is 13.3 Å². The summed E-state index contributed by atoms with van der Waals surface area (Å²) in [5, 5.41) is 1.01. The van der Waals surface area contributed by atoms with Gasteiger partial charge in [-0.2, -0.15) is 0 Å². The number of fused-ring (bicyclic) bond motifs is 1. The number of methoxy groups -OCH3 is 1. The standard InChI is InChI=1S/C11H12N2O/c1-3-8-6-11(14-2)9-4-5-12-7-10(9)13-8/h4-7H,3H2,1-2H3. The van der Waals surface area contributed by atoms with E-state index in [0.717, 1.165) is 28.8 Å². The number of rotatable bonds is 2. The molecule has 3 nitrogen and oxygen atoms in total. The Kier molecular flexibility index (Phi) is 2.31. The van der Waals surface area contributed by atoms with Crippen LogP contribution in [0.15, 0.2) is 24.5 Å². The van der Waals surface area contributed by atoms with Gasteiger partial charge in [0.05, 0.1) is 18.8 Å². The minimum Gasteiger partial charge on any atom is -0.496 e. The van der Waals surface area contributed by atoms with E-state index in [0.29, 0.717) is 0 Å². The van der Waals surface area contributed by atoms with E-state index in [4.69, 9.17) is 4.74 Å². The van der Waals surface area contributed by atoms with Gasteiger partial charge in [0.1, 0.15) is 5.75 Å². The van der Waals surface area contributed by atoms with E-state index in [9.17, 15) is 0 Å². The van der Waals surface area contributed by atoms with E-state index in [2.05, 4.69) is 16.9 Å². The average Bonchev–Trinajstić information content (AvgIpc) is 2.27. The first-order valence-electron chi connectivity index (χ1n) is 4.62. The minimum atomic E-state index is 0.870. The lowest BCUT2D eigenvalue weighted by atomic mass is 10.2. The Morgan fingerprint density at radius 1 is 1.43 bits per heavy atom. The first kappa shape index (κ1) is 8.94. The van der Waals surface area contributed by atoms with Crippen LogP contribution in [0.5, 0.6) is 5.75 Å². The number of hydrogen-bond acceptors (Lipinski definition) is 3. The zero-order valence-corrected chi connectivity index (χ0v) is 8.32. The Morgan fingerprint density at radius 3 is 3.00 bits per heavy atom. The summed E-state index contributed by atoms with van der Waals surface area (Å²) in [4.78, 5) is 8.51. The highest BCUT2D eigenvalue weighted by atomic mass is 16.5. The van der Waals surface area contributed by atoms with Crippen LogP contribution < -0.4 is 4.74 Å². The fourth-order valence-electron chi connectivity index (χ4n) is 1.45. The maximum Gasteiger partial charge on any atom is 0.130 e. The lowest BCUT2D eigenvalue weighted by molar-refractivity contribution is 0.419. The van der Waals surface area contributed by atoms with E-state index < -0.39 is 0 Å². The summed E-state index contributed by atoms with van der Waals surface area (Å²) < 4.78 is 5.30. The SMILES string of the molecule is CCc1cc(OC)c2ccncc2n1. The molecule has 0 amide bonds. The van der Waals surface area contributed by atoms with Gasteiger partial charge in [-0.1, -0.05) is 6.92 Å². The first-order valence-corrected chi connectivity index (χ1v) is 4.62. The largest absolute Gasteiger partial charge is 0.496 e. The van der Waals surface area contributed by atoms with Crippen molar-refractivity contribution in [3.05, 3.63) is 30.2 Å². The van der Waals surface area contributed by atoms with Crippen LogP contribution in [0.2, 0.25) is 0 Å². The van der Waals surface area contributed by atoms with Gasteiger partial charge in [-0.25, -0.2) is 0 Å². The molecular formula is C11H12N2O. The smallest absolute Gasteiger partial charge is 0.130 e. The fourth-order valence-corrected chi connectivity index (χ4v) is 1.45. The zero-order valence-electron chi connectivity index (χ0n) is 8.32. The Morgan fingerprint density at radius 2 is 2.29 bits per heavy atom. The maximum atomic E-state index is 5.30. The van der Waals surface area contributed by atoms with Crippen LogP contribution in [-0.4, -0.2) is 17.1 Å². The second-order valence-corrected chi connectivity index (χ2v) is 3.06. The van der Waals surface area contributed by atoms with Crippen molar-refractivity contribution < 1.29 is 4.74 Å². The van der Waals surface area contributed by atoms with Gasteiger partial charge in [-0.05, 0) is 12.5 Å². The summed E-state index contributed by atoms with van der Waals surface area (Å²) >= 11 is 0. The molecule has 0 aliphatic carbocycles. The third-order valence-corrected chi connectivity index (χ3v) is 2.21. The molecule has 0 bridgehead atoms. The van der Waals surface area contributed by atoms with Crippen molar-refractivity contribution in [2.24, 2.45) is 0 Å². The van der Waals surface area contributed by atoms with Gasteiger partial charge in [0.15, 0.2) is 0 Å². The van der Waals surface area contributed by atoms with Gasteiger partial charge < -0.3 is 4.74 Å². The Hall–Kier alpha value is -1.64. The Bertz CT molecular complexity index is 454. The van der Waals surface area contributed by atoms with Gasteiger partial charge in [0.2, 0.25) is 0 Å². The van der Waals surface area contributed by atoms with E-state index in [-0.39, 0.29) is 0 Å². The summed E-state index contributed by atoms with van der Waals surface area (Å²) in [6, 6.07) is 3.89. The molecule has 0 aromatic carbocycles. The highest BCUT2D eigenvalue weighted by molar-refractivity contribution is 5.84. The van der Waals surface area contributed by atoms with Crippen molar-refractivity contribution in [3.63, 3.8) is 0 Å². The lowest BCUT2D eigenvalue weighted by Gasteiger charge is -2.06. The molecule has 0 fully saturated rings. The molecule has 0 aliphatic rings. The van der Waals surface area contributed by atoms with E-state index in [1.54, 1.807) is 19.5 Å². The summed E-state index contributed by atoms with van der Waals surface area (Å²) in [7, 11) is 1.68. The monoisotopic (exact) mass is 188 g/mol. The molecular weight excluding hydrogens is 176 g/mol. The summed E-state index contributed by atoms with van der Waals surface area (Å²) in [5.41, 5.74) is 1.92. The van der Waals surface area contributed by atoms with E-state index >= 15 is 0 Å². The molecule has 0 spiro atoms. The summed E-state index contributed by atoms with van der Waals surface area (Å²) in [6.45, 7) is 2.07. The van der Waals surface area contributed by atoms with Gasteiger partial charge in [-0.15, -0.1) is 0 Å². The van der Waals surface area contributed by atoms with Gasteiger partial charge in [0.25, 0.3) is 0 Å². The van der Waals surface area contributed by atoms with E-state index in [1.165, 1.54) is 0 Å². The first-order chi connectivity index (χ1) is 6.85. The number of hydrogen-bond donors (Lipinski definition) is 0. The fraction of sp³-hybridized carbons (Fsp3) is 0.273. The van der Waals surface area contributed by atoms with Crippen molar-refractivity contribution in [2.75, 3.05) is 7.11 Å². The third-order valence-electron chi connectivity index (χ3n) is 2.21. The second-order valence-electron chi connectivity index (χ2n) is 3.06. The highest BCUT2D eigenvalue weighted by Gasteiger charge is 2.04. The molecule has 0 saturated heterocycles. The average molecular weight is 188 g/mol. The van der Waals surface area contributed by atoms with E-state index in [1.807, 2.05) is 12.1 Å². The molecule has 3 heteroatoms. The van der Waals surface area contributed by atoms with Crippen LogP contribution in [0.1, 0.15) is 12.6 Å². The predicted molar refractivity (Wildman–Crippen MR) is 55.5 cm³/mol. The molecule has 0 atom stereocenters. The zero-order chi connectivity index (χ0) is 9.97. The number of nitrogens with zero attached hydrogens (tertiary/aromatic N) is 2. The molecule has 72 valence electrons. The third kappa shape index (κ3) is 1.41. The number of ether oxygens (including phenoxy) is 1. The molecule has 2 aromatic heterocycles. The second kappa shape index (κ2) is 3.62. The molecule has 14 heavy (non-hydrogen) atoms. The molecule has 2 aromatic rings. The molecule has 2 heterocycles. The maximum absolute atomic E-state index is 5.30. The van der Waals surface area contributed by atoms with Crippen molar-refractivity contribution in [3.8, 4) is 5.75 Å². The van der Waals surface area contributed by atoms with Crippen LogP contribution in [0, 0.1) is 0 Å². The van der Waals surface area contributed by atoms with Gasteiger partial charge >= 0.3 is 0 Å². The number of pyridine rings is 2. The molecule has 0 N–H and O–H groups in total. The topological polar surface area (TPSA) is 35.0 Å². The molecule has 2 rings (SSSR count). The number of aromatic nitrogens is 2.